The highest BCUT2D eigenvalue weighted by Gasteiger charge is 2.19. The molecule has 3 heterocycles. The van der Waals surface area contributed by atoms with Gasteiger partial charge in [-0.05, 0) is 80.9 Å². The molecule has 0 radical (unpaired) electrons. The van der Waals surface area contributed by atoms with Crippen molar-refractivity contribution in [2.75, 3.05) is 19.4 Å². The summed E-state index contributed by atoms with van der Waals surface area (Å²) in [5.74, 6) is -0.637. The van der Waals surface area contributed by atoms with Crippen molar-refractivity contribution in [3.05, 3.63) is 106 Å². The Morgan fingerprint density at radius 1 is 1.00 bits per heavy atom. The smallest absolute Gasteiger partial charge is 0.277 e. The first-order valence-electron chi connectivity index (χ1n) is 13.7. The van der Waals surface area contributed by atoms with E-state index in [4.69, 9.17) is 0 Å². The number of halogens is 1. The average Bonchev–Trinajstić information content (AvgIpc) is 3.34. The molecule has 220 valence electrons. The van der Waals surface area contributed by atoms with Crippen LogP contribution < -0.4 is 21.5 Å². The van der Waals surface area contributed by atoms with Gasteiger partial charge in [-0.25, -0.2) is 9.37 Å². The number of carbonyl (C=O) groups excluding carboxylic acids is 2. The topological polar surface area (TPSA) is 123 Å². The Balaban J connectivity index is 1.63. The fourth-order valence-electron chi connectivity index (χ4n) is 4.92. The summed E-state index contributed by atoms with van der Waals surface area (Å²) in [5, 5.41) is 8.94. The lowest BCUT2D eigenvalue weighted by Crippen LogP contribution is -2.38. The minimum absolute atomic E-state index is 0.0223. The van der Waals surface area contributed by atoms with Crippen LogP contribution in [0.15, 0.2) is 72.0 Å². The predicted octanol–water partition coefficient (Wildman–Crippen LogP) is 3.96. The van der Waals surface area contributed by atoms with Gasteiger partial charge in [0.05, 0.1) is 36.2 Å². The van der Waals surface area contributed by atoms with E-state index in [0.717, 1.165) is 27.7 Å². The molecule has 0 aliphatic rings. The number of amides is 2. The van der Waals surface area contributed by atoms with E-state index >= 15 is 0 Å². The van der Waals surface area contributed by atoms with E-state index in [2.05, 4.69) is 25.9 Å². The summed E-state index contributed by atoms with van der Waals surface area (Å²) in [6, 6.07) is 11.2. The van der Waals surface area contributed by atoms with E-state index in [0.29, 0.717) is 22.5 Å². The quantitative estimate of drug-likeness (QED) is 0.255. The Labute approximate surface area is 247 Å². The second-order valence-electron chi connectivity index (χ2n) is 10.4. The van der Waals surface area contributed by atoms with Crippen molar-refractivity contribution < 1.29 is 14.0 Å². The normalized spacial score (nSPS) is 11.9. The van der Waals surface area contributed by atoms with Crippen molar-refractivity contribution in [2.45, 2.75) is 33.4 Å². The van der Waals surface area contributed by atoms with E-state index < -0.39 is 11.6 Å². The molecule has 0 aliphatic carbocycles. The highest BCUT2D eigenvalue weighted by Crippen LogP contribution is 2.27. The molecule has 2 amide bonds. The number of anilines is 1. The molecule has 0 spiro atoms. The molecule has 0 fully saturated rings. The van der Waals surface area contributed by atoms with Crippen LogP contribution in [0.25, 0.3) is 28.0 Å². The molecule has 0 bridgehead atoms. The van der Waals surface area contributed by atoms with Crippen LogP contribution in [0.5, 0.6) is 0 Å². The molecule has 5 rings (SSSR count). The van der Waals surface area contributed by atoms with E-state index in [-0.39, 0.29) is 29.9 Å². The number of aryl methyl sites for hydroxylation is 2. The summed E-state index contributed by atoms with van der Waals surface area (Å²) in [6.45, 7) is 5.54. The van der Waals surface area contributed by atoms with Crippen LogP contribution in [0.2, 0.25) is 0 Å². The molecule has 0 saturated heterocycles. The van der Waals surface area contributed by atoms with E-state index in [9.17, 15) is 18.8 Å². The number of aromatic nitrogens is 4. The standard InChI is InChI=1S/C32H32FN7O3/c1-18-6-7-22(31(42)35-5)11-26(18)29-37-15-27(38-30(41)20(3)34-4)32(43)40(29)17-21-10-24(14-36-13-21)39-16-19(2)25-12-23(33)8-9-28(25)39/h6-16,20,34H,17H2,1-5H3,(H,35,42)(H,38,41). The van der Waals surface area contributed by atoms with Gasteiger partial charge in [-0.15, -0.1) is 0 Å². The van der Waals surface area contributed by atoms with Crippen molar-refractivity contribution >= 4 is 28.4 Å². The lowest BCUT2D eigenvalue weighted by atomic mass is 10.0. The van der Waals surface area contributed by atoms with E-state index in [1.165, 1.54) is 22.9 Å². The first kappa shape index (κ1) is 29.3. The van der Waals surface area contributed by atoms with Crippen molar-refractivity contribution in [3.63, 3.8) is 0 Å². The summed E-state index contributed by atoms with van der Waals surface area (Å²) in [4.78, 5) is 48.0. The van der Waals surface area contributed by atoms with Gasteiger partial charge in [0.25, 0.3) is 11.5 Å². The third kappa shape index (κ3) is 5.80. The fraction of sp³-hybridized carbons (Fsp3) is 0.219. The second kappa shape index (κ2) is 12.0. The summed E-state index contributed by atoms with van der Waals surface area (Å²) in [5.41, 5.74) is 4.53. The number of pyridine rings is 1. The van der Waals surface area contributed by atoms with E-state index in [1.54, 1.807) is 57.7 Å². The highest BCUT2D eigenvalue weighted by atomic mass is 19.1. The minimum Gasteiger partial charge on any atom is -0.355 e. The third-order valence-electron chi connectivity index (χ3n) is 7.46. The number of fused-ring (bicyclic) bond motifs is 1. The molecule has 0 aliphatic heterocycles. The zero-order valence-corrected chi connectivity index (χ0v) is 24.5. The van der Waals surface area contributed by atoms with Gasteiger partial charge in [-0.1, -0.05) is 6.07 Å². The van der Waals surface area contributed by atoms with Gasteiger partial charge in [0.15, 0.2) is 0 Å². The first-order chi connectivity index (χ1) is 20.6. The molecule has 11 heteroatoms. The highest BCUT2D eigenvalue weighted by molar-refractivity contribution is 5.96. The third-order valence-corrected chi connectivity index (χ3v) is 7.46. The maximum absolute atomic E-state index is 13.9. The molecule has 1 unspecified atom stereocenters. The van der Waals surface area contributed by atoms with Gasteiger partial charge in [-0.3, -0.25) is 23.9 Å². The van der Waals surface area contributed by atoms with Gasteiger partial charge in [0.1, 0.15) is 17.3 Å². The first-order valence-corrected chi connectivity index (χ1v) is 13.7. The van der Waals surface area contributed by atoms with Crippen molar-refractivity contribution in [2.24, 2.45) is 0 Å². The zero-order chi connectivity index (χ0) is 30.8. The molecule has 0 saturated carbocycles. The van der Waals surface area contributed by atoms with Crippen LogP contribution in [0.4, 0.5) is 10.1 Å². The Morgan fingerprint density at radius 3 is 2.53 bits per heavy atom. The molecule has 2 aromatic carbocycles. The SMILES string of the molecule is CNC(=O)c1ccc(C)c(-c2ncc(NC(=O)C(C)NC)c(=O)n2Cc2cncc(-n3cc(C)c4cc(F)ccc43)c2)c1. The number of nitrogens with zero attached hydrogens (tertiary/aromatic N) is 4. The average molecular weight is 582 g/mol. The van der Waals surface area contributed by atoms with Crippen LogP contribution in [0.3, 0.4) is 0 Å². The zero-order valence-electron chi connectivity index (χ0n) is 24.5. The monoisotopic (exact) mass is 581 g/mol. The number of nitrogens with one attached hydrogen (secondary N) is 3. The summed E-state index contributed by atoms with van der Waals surface area (Å²) in [7, 11) is 3.20. The number of hydrogen-bond donors (Lipinski definition) is 3. The molecule has 5 aromatic rings. The molecule has 1 atom stereocenters. The maximum atomic E-state index is 13.9. The lowest BCUT2D eigenvalue weighted by Gasteiger charge is -2.17. The minimum atomic E-state index is -0.534. The number of benzene rings is 2. The summed E-state index contributed by atoms with van der Waals surface area (Å²) >= 11 is 0. The number of carbonyl (C=O) groups is 2. The maximum Gasteiger partial charge on any atom is 0.277 e. The second-order valence-corrected chi connectivity index (χ2v) is 10.4. The fourth-order valence-corrected chi connectivity index (χ4v) is 4.92. The van der Waals surface area contributed by atoms with Gasteiger partial charge in [0, 0.05) is 36.0 Å². The Hall–Kier alpha value is -5.16. The Kier molecular flexibility index (Phi) is 8.18. The van der Waals surface area contributed by atoms with E-state index in [1.807, 2.05) is 30.7 Å². The van der Waals surface area contributed by atoms with Crippen LogP contribution in [-0.2, 0) is 11.3 Å². The molecular formula is C32H32FN7O3. The molecule has 43 heavy (non-hydrogen) atoms. The Morgan fingerprint density at radius 2 is 1.79 bits per heavy atom. The molecular weight excluding hydrogens is 549 g/mol. The number of rotatable bonds is 8. The Bertz CT molecular complexity index is 1930. The van der Waals surface area contributed by atoms with Gasteiger partial charge in [-0.2, -0.15) is 0 Å². The number of hydrogen-bond acceptors (Lipinski definition) is 6. The largest absolute Gasteiger partial charge is 0.355 e. The molecule has 3 aromatic heterocycles. The van der Waals surface area contributed by atoms with Gasteiger partial charge < -0.3 is 20.5 Å². The lowest BCUT2D eigenvalue weighted by molar-refractivity contribution is -0.117. The predicted molar refractivity (Wildman–Crippen MR) is 164 cm³/mol. The van der Waals surface area contributed by atoms with Crippen LogP contribution in [-0.4, -0.2) is 51.1 Å². The van der Waals surface area contributed by atoms with Crippen molar-refractivity contribution in [1.29, 1.82) is 0 Å². The summed E-state index contributed by atoms with van der Waals surface area (Å²) < 4.78 is 17.3. The molecule has 3 N–H and O–H groups in total. The van der Waals surface area contributed by atoms with Gasteiger partial charge in [0.2, 0.25) is 5.91 Å². The van der Waals surface area contributed by atoms with Crippen LogP contribution in [0.1, 0.15) is 34.0 Å². The summed E-state index contributed by atoms with van der Waals surface area (Å²) in [6.07, 6.45) is 6.60. The van der Waals surface area contributed by atoms with Crippen molar-refractivity contribution in [1.82, 2.24) is 29.7 Å². The van der Waals surface area contributed by atoms with Crippen molar-refractivity contribution in [3.8, 4) is 17.1 Å². The van der Waals surface area contributed by atoms with Gasteiger partial charge >= 0.3 is 0 Å². The molecule has 10 nitrogen and oxygen atoms in total. The van der Waals surface area contributed by atoms with Crippen LogP contribution in [0, 0.1) is 19.7 Å². The number of likely N-dealkylation sites (N-methyl/N-ethyl adjacent to an activating group) is 1. The van der Waals surface area contributed by atoms with Crippen LogP contribution >= 0.6 is 0 Å².